The number of benzene rings is 1. The smallest absolute Gasteiger partial charge is 0.114 e. The van der Waals surface area contributed by atoms with Gasteiger partial charge in [-0.2, -0.15) is 25.3 Å². The van der Waals surface area contributed by atoms with Crippen LogP contribution in [0.5, 0.6) is 0 Å². The van der Waals surface area contributed by atoms with E-state index in [1.165, 1.54) is 24.0 Å². The molecule has 0 aliphatic heterocycles. The third kappa shape index (κ3) is 20.7. The molecule has 1 aromatic rings. The molecule has 0 aliphatic carbocycles. The lowest BCUT2D eigenvalue weighted by atomic mass is 10.0. The number of aliphatic hydroxyl groups is 1. The molecule has 0 radical (unpaired) electrons. The molecule has 176 valence electrons. The summed E-state index contributed by atoms with van der Waals surface area (Å²) in [4.78, 5) is 0. The van der Waals surface area contributed by atoms with Gasteiger partial charge in [0.1, 0.15) is 6.61 Å². The Morgan fingerprint density at radius 2 is 1.57 bits per heavy atom. The summed E-state index contributed by atoms with van der Waals surface area (Å²) in [5, 5.41) is 9.17. The summed E-state index contributed by atoms with van der Waals surface area (Å²) in [6, 6.07) is 8.64. The van der Waals surface area contributed by atoms with Crippen LogP contribution >= 0.6 is 25.3 Å². The molecule has 1 aromatic carbocycles. The highest BCUT2D eigenvalue weighted by Crippen LogP contribution is 2.15. The van der Waals surface area contributed by atoms with E-state index in [-0.39, 0.29) is 6.10 Å². The number of thiol groups is 2. The van der Waals surface area contributed by atoms with Crippen LogP contribution in [0.4, 0.5) is 0 Å². The van der Waals surface area contributed by atoms with Gasteiger partial charge < -0.3 is 9.84 Å². The molecule has 0 heterocycles. The van der Waals surface area contributed by atoms with Crippen LogP contribution in [0.2, 0.25) is 0 Å². The fraction of sp³-hybridized carbons (Fsp3) is 0.692. The van der Waals surface area contributed by atoms with Gasteiger partial charge in [0.25, 0.3) is 0 Å². The highest BCUT2D eigenvalue weighted by atomic mass is 32.1. The van der Waals surface area contributed by atoms with Gasteiger partial charge in [-0.05, 0) is 47.5 Å². The van der Waals surface area contributed by atoms with Crippen LogP contribution < -0.4 is 0 Å². The Hall–Kier alpha value is -0.580. The molecule has 1 atom stereocenters. The van der Waals surface area contributed by atoms with E-state index in [4.69, 9.17) is 4.74 Å². The van der Waals surface area contributed by atoms with Crippen LogP contribution in [0.3, 0.4) is 0 Å². The second-order valence-corrected chi connectivity index (χ2v) is 9.59. The van der Waals surface area contributed by atoms with Gasteiger partial charge in [-0.25, -0.2) is 0 Å². The summed E-state index contributed by atoms with van der Waals surface area (Å²) in [6.45, 7) is 19.2. The Labute approximate surface area is 198 Å². The minimum Gasteiger partial charge on any atom is -0.496 e. The molecule has 1 unspecified atom stereocenters. The molecule has 0 aliphatic rings. The molecule has 4 heteroatoms. The first-order chi connectivity index (χ1) is 14.1. The molecule has 0 spiro atoms. The summed E-state index contributed by atoms with van der Waals surface area (Å²) >= 11 is 8.29. The van der Waals surface area contributed by atoms with E-state index in [9.17, 15) is 5.11 Å². The highest BCUT2D eigenvalue weighted by molar-refractivity contribution is 7.80. The molecular formula is C26H48O2S2. The Kier molecular flexibility index (Phi) is 21.4. The van der Waals surface area contributed by atoms with Crippen molar-refractivity contribution in [1.29, 1.82) is 0 Å². The third-order valence-corrected chi connectivity index (χ3v) is 5.04. The van der Waals surface area contributed by atoms with Crippen molar-refractivity contribution in [1.82, 2.24) is 0 Å². The second-order valence-electron chi connectivity index (χ2n) is 8.82. The highest BCUT2D eigenvalue weighted by Gasteiger charge is 2.03. The van der Waals surface area contributed by atoms with Crippen molar-refractivity contribution in [2.75, 3.05) is 12.4 Å². The number of rotatable bonds is 11. The quantitative estimate of drug-likeness (QED) is 0.233. The SMILES string of the molecule is C=C(CC(C)C)OCC(O)CC.CC(C)CCCS.CC(C)c1ccc(CS)cc1. The van der Waals surface area contributed by atoms with Gasteiger partial charge in [0, 0.05) is 12.2 Å². The van der Waals surface area contributed by atoms with Crippen molar-refractivity contribution in [3.05, 3.63) is 47.7 Å². The summed E-state index contributed by atoms with van der Waals surface area (Å²) in [5.74, 6) is 4.70. The molecule has 0 amide bonds. The summed E-state index contributed by atoms with van der Waals surface area (Å²) in [5.41, 5.74) is 2.69. The fourth-order valence-electron chi connectivity index (χ4n) is 2.35. The van der Waals surface area contributed by atoms with Gasteiger partial charge in [-0.1, -0.05) is 85.7 Å². The predicted octanol–water partition coefficient (Wildman–Crippen LogP) is 7.93. The van der Waals surface area contributed by atoms with Crippen molar-refractivity contribution in [3.8, 4) is 0 Å². The molecule has 1 rings (SSSR count). The van der Waals surface area contributed by atoms with Crippen molar-refractivity contribution in [2.24, 2.45) is 11.8 Å². The summed E-state index contributed by atoms with van der Waals surface area (Å²) in [6.07, 6.45) is 3.84. The molecule has 30 heavy (non-hydrogen) atoms. The van der Waals surface area contributed by atoms with Crippen molar-refractivity contribution < 1.29 is 9.84 Å². The van der Waals surface area contributed by atoms with Crippen LogP contribution in [0, 0.1) is 11.8 Å². The topological polar surface area (TPSA) is 29.5 Å². The van der Waals surface area contributed by atoms with E-state index >= 15 is 0 Å². The minimum atomic E-state index is -0.353. The Bertz CT molecular complexity index is 510. The standard InChI is InChI=1S/C10H20O2.C10H14S.C6H14S/c1-5-10(11)7-12-9(4)6-8(2)3;1-8(2)10-5-3-9(7-11)4-6-10;1-6(2)4-3-5-7/h8,10-11H,4-7H2,1-3H3;3-6,8,11H,7H2,1-2H3;6-7H,3-5H2,1-2H3. The fourth-order valence-corrected chi connectivity index (χ4v) is 2.75. The van der Waals surface area contributed by atoms with E-state index in [2.05, 4.69) is 97.6 Å². The lowest BCUT2D eigenvalue weighted by Crippen LogP contribution is -2.13. The maximum Gasteiger partial charge on any atom is 0.114 e. The van der Waals surface area contributed by atoms with Crippen LogP contribution in [-0.2, 0) is 10.5 Å². The Balaban J connectivity index is 0. The normalized spacial score (nSPS) is 11.5. The van der Waals surface area contributed by atoms with Gasteiger partial charge in [-0.15, -0.1) is 0 Å². The molecule has 0 saturated heterocycles. The first-order valence-electron chi connectivity index (χ1n) is 11.4. The molecule has 0 aromatic heterocycles. The first kappa shape index (κ1) is 31.6. The van der Waals surface area contributed by atoms with Gasteiger partial charge in [-0.3, -0.25) is 0 Å². The maximum atomic E-state index is 9.17. The summed E-state index contributed by atoms with van der Waals surface area (Å²) < 4.78 is 5.26. The largest absolute Gasteiger partial charge is 0.496 e. The zero-order chi connectivity index (χ0) is 23.5. The number of aliphatic hydroxyl groups excluding tert-OH is 1. The Morgan fingerprint density at radius 1 is 1.00 bits per heavy atom. The molecule has 2 nitrogen and oxygen atoms in total. The molecular weight excluding hydrogens is 408 g/mol. The zero-order valence-corrected chi connectivity index (χ0v) is 22.3. The molecule has 0 fully saturated rings. The monoisotopic (exact) mass is 456 g/mol. The average Bonchev–Trinajstić information content (AvgIpc) is 2.70. The van der Waals surface area contributed by atoms with Gasteiger partial charge in [0.15, 0.2) is 0 Å². The van der Waals surface area contributed by atoms with E-state index < -0.39 is 0 Å². The van der Waals surface area contributed by atoms with Crippen LogP contribution in [-0.4, -0.2) is 23.6 Å². The molecule has 0 saturated carbocycles. The van der Waals surface area contributed by atoms with Crippen LogP contribution in [0.15, 0.2) is 36.6 Å². The van der Waals surface area contributed by atoms with Crippen LogP contribution in [0.25, 0.3) is 0 Å². The molecule has 0 bridgehead atoms. The lowest BCUT2D eigenvalue weighted by Gasteiger charge is -2.13. The number of ether oxygens (including phenoxy) is 1. The minimum absolute atomic E-state index is 0.353. The second kappa shape index (κ2) is 20.3. The average molecular weight is 457 g/mol. The van der Waals surface area contributed by atoms with Crippen LogP contribution in [0.1, 0.15) is 91.2 Å². The summed E-state index contributed by atoms with van der Waals surface area (Å²) in [7, 11) is 0. The van der Waals surface area contributed by atoms with Crippen molar-refractivity contribution in [3.63, 3.8) is 0 Å². The Morgan fingerprint density at radius 3 is 1.90 bits per heavy atom. The van der Waals surface area contributed by atoms with Gasteiger partial charge >= 0.3 is 0 Å². The van der Waals surface area contributed by atoms with Crippen molar-refractivity contribution >= 4 is 25.3 Å². The first-order valence-corrected chi connectivity index (χ1v) is 12.6. The molecule has 1 N–H and O–H groups in total. The number of hydrogen-bond donors (Lipinski definition) is 3. The van der Waals surface area contributed by atoms with Crippen molar-refractivity contribution in [2.45, 2.75) is 91.9 Å². The van der Waals surface area contributed by atoms with Gasteiger partial charge in [0.2, 0.25) is 0 Å². The van der Waals surface area contributed by atoms with Gasteiger partial charge in [0.05, 0.1) is 11.9 Å². The number of hydrogen-bond acceptors (Lipinski definition) is 4. The van der Waals surface area contributed by atoms with E-state index in [1.807, 2.05) is 6.92 Å². The van der Waals surface area contributed by atoms with E-state index in [0.717, 1.165) is 36.0 Å². The third-order valence-electron chi connectivity index (χ3n) is 4.36. The maximum absolute atomic E-state index is 9.17. The number of allylic oxidation sites excluding steroid dienone is 1. The van der Waals surface area contributed by atoms with E-state index in [1.54, 1.807) is 0 Å². The predicted molar refractivity (Wildman–Crippen MR) is 142 cm³/mol. The van der Waals surface area contributed by atoms with E-state index in [0.29, 0.717) is 18.4 Å². The zero-order valence-electron chi connectivity index (χ0n) is 20.5. The lowest BCUT2D eigenvalue weighted by molar-refractivity contribution is 0.0648.